The smallest absolute Gasteiger partial charge is 0.251 e. The van der Waals surface area contributed by atoms with Crippen LogP contribution in [0, 0.1) is 0 Å². The van der Waals surface area contributed by atoms with E-state index in [1.807, 2.05) is 25.2 Å². The van der Waals surface area contributed by atoms with Crippen LogP contribution in [0.1, 0.15) is 23.2 Å². The van der Waals surface area contributed by atoms with Crippen LogP contribution in [0.15, 0.2) is 30.3 Å². The zero-order chi connectivity index (χ0) is 13.9. The van der Waals surface area contributed by atoms with E-state index in [2.05, 4.69) is 16.0 Å². The Labute approximate surface area is 113 Å². The van der Waals surface area contributed by atoms with Crippen molar-refractivity contribution in [2.75, 3.05) is 26.7 Å². The van der Waals surface area contributed by atoms with Crippen molar-refractivity contribution in [1.82, 2.24) is 16.0 Å². The monoisotopic (exact) mass is 263 g/mol. The van der Waals surface area contributed by atoms with Crippen LogP contribution >= 0.6 is 0 Å². The van der Waals surface area contributed by atoms with E-state index in [-0.39, 0.29) is 11.8 Å². The highest BCUT2D eigenvalue weighted by atomic mass is 16.2. The SMILES string of the molecule is CNCCCC(=O)NCCNC(=O)c1ccccc1. The quantitative estimate of drug-likeness (QED) is 0.599. The van der Waals surface area contributed by atoms with Gasteiger partial charge in [-0.2, -0.15) is 0 Å². The van der Waals surface area contributed by atoms with Crippen molar-refractivity contribution in [2.45, 2.75) is 12.8 Å². The van der Waals surface area contributed by atoms with E-state index >= 15 is 0 Å². The third-order valence-electron chi connectivity index (χ3n) is 2.60. The minimum atomic E-state index is -0.120. The number of nitrogens with one attached hydrogen (secondary N) is 3. The van der Waals surface area contributed by atoms with Gasteiger partial charge in [-0.15, -0.1) is 0 Å². The van der Waals surface area contributed by atoms with E-state index in [4.69, 9.17) is 0 Å². The predicted octanol–water partition coefficient (Wildman–Crippen LogP) is 0.532. The molecule has 3 N–H and O–H groups in total. The van der Waals surface area contributed by atoms with Gasteiger partial charge in [0.05, 0.1) is 0 Å². The fraction of sp³-hybridized carbons (Fsp3) is 0.429. The Kier molecular flexibility index (Phi) is 7.27. The normalized spacial score (nSPS) is 9.95. The molecule has 0 saturated heterocycles. The highest BCUT2D eigenvalue weighted by Gasteiger charge is 2.03. The number of rotatable bonds is 8. The number of hydrogen-bond acceptors (Lipinski definition) is 3. The molecule has 0 spiro atoms. The van der Waals surface area contributed by atoms with Gasteiger partial charge in [0.25, 0.3) is 5.91 Å². The summed E-state index contributed by atoms with van der Waals surface area (Å²) in [6.45, 7) is 1.72. The summed E-state index contributed by atoms with van der Waals surface area (Å²) >= 11 is 0. The number of carbonyl (C=O) groups is 2. The standard InChI is InChI=1S/C14H21N3O2/c1-15-9-5-8-13(18)16-10-11-17-14(19)12-6-3-2-4-7-12/h2-4,6-7,15H,5,8-11H2,1H3,(H,16,18)(H,17,19). The van der Waals surface area contributed by atoms with E-state index < -0.39 is 0 Å². The molecule has 0 aromatic heterocycles. The summed E-state index contributed by atoms with van der Waals surface area (Å²) in [4.78, 5) is 23.0. The average Bonchev–Trinajstić information content (AvgIpc) is 2.44. The van der Waals surface area contributed by atoms with Gasteiger partial charge in [-0.25, -0.2) is 0 Å². The van der Waals surface area contributed by atoms with Crippen LogP contribution in [-0.2, 0) is 4.79 Å². The summed E-state index contributed by atoms with van der Waals surface area (Å²) in [5.41, 5.74) is 0.628. The molecule has 0 unspecified atom stereocenters. The summed E-state index contributed by atoms with van der Waals surface area (Å²) in [5, 5.41) is 8.51. The van der Waals surface area contributed by atoms with Gasteiger partial charge in [-0.1, -0.05) is 18.2 Å². The van der Waals surface area contributed by atoms with Crippen molar-refractivity contribution in [3.05, 3.63) is 35.9 Å². The van der Waals surface area contributed by atoms with E-state index in [0.29, 0.717) is 25.1 Å². The van der Waals surface area contributed by atoms with Crippen LogP contribution in [0.4, 0.5) is 0 Å². The van der Waals surface area contributed by atoms with Crippen molar-refractivity contribution in [3.8, 4) is 0 Å². The molecular formula is C14H21N3O2. The molecule has 5 nitrogen and oxygen atoms in total. The molecule has 0 atom stereocenters. The molecule has 19 heavy (non-hydrogen) atoms. The lowest BCUT2D eigenvalue weighted by Gasteiger charge is -2.07. The number of hydrogen-bond donors (Lipinski definition) is 3. The molecule has 0 aliphatic carbocycles. The van der Waals surface area contributed by atoms with Gasteiger partial charge in [-0.3, -0.25) is 9.59 Å². The molecule has 0 bridgehead atoms. The van der Waals surface area contributed by atoms with E-state index in [0.717, 1.165) is 13.0 Å². The first-order valence-electron chi connectivity index (χ1n) is 6.48. The molecule has 5 heteroatoms. The summed E-state index contributed by atoms with van der Waals surface area (Å²) in [7, 11) is 1.86. The van der Waals surface area contributed by atoms with Gasteiger partial charge in [0, 0.05) is 25.1 Å². The molecule has 0 aliphatic rings. The maximum Gasteiger partial charge on any atom is 0.251 e. The second-order valence-corrected chi connectivity index (χ2v) is 4.18. The number of carbonyl (C=O) groups excluding carboxylic acids is 2. The lowest BCUT2D eigenvalue weighted by atomic mass is 10.2. The van der Waals surface area contributed by atoms with Crippen LogP contribution < -0.4 is 16.0 Å². The number of benzene rings is 1. The molecule has 1 rings (SSSR count). The lowest BCUT2D eigenvalue weighted by Crippen LogP contribution is -2.34. The molecule has 1 aromatic rings. The molecule has 0 saturated carbocycles. The molecule has 2 amide bonds. The Morgan fingerprint density at radius 2 is 1.68 bits per heavy atom. The van der Waals surface area contributed by atoms with Crippen molar-refractivity contribution >= 4 is 11.8 Å². The van der Waals surface area contributed by atoms with Gasteiger partial charge in [0.15, 0.2) is 0 Å². The van der Waals surface area contributed by atoms with Gasteiger partial charge in [0.1, 0.15) is 0 Å². The third kappa shape index (κ3) is 6.57. The van der Waals surface area contributed by atoms with Crippen molar-refractivity contribution in [2.24, 2.45) is 0 Å². The van der Waals surface area contributed by atoms with Gasteiger partial charge in [-0.05, 0) is 32.1 Å². The van der Waals surface area contributed by atoms with Crippen LogP contribution in [0.25, 0.3) is 0 Å². The molecule has 0 aliphatic heterocycles. The Morgan fingerprint density at radius 3 is 2.37 bits per heavy atom. The molecule has 0 radical (unpaired) electrons. The minimum Gasteiger partial charge on any atom is -0.354 e. The van der Waals surface area contributed by atoms with Crippen LogP contribution in [0.5, 0.6) is 0 Å². The molecule has 0 fully saturated rings. The fourth-order valence-corrected chi connectivity index (χ4v) is 1.58. The Hall–Kier alpha value is -1.88. The van der Waals surface area contributed by atoms with Crippen LogP contribution in [0.3, 0.4) is 0 Å². The number of amides is 2. The topological polar surface area (TPSA) is 70.2 Å². The maximum absolute atomic E-state index is 11.7. The summed E-state index contributed by atoms with van der Waals surface area (Å²) in [5.74, 6) is -0.103. The lowest BCUT2D eigenvalue weighted by molar-refractivity contribution is -0.121. The van der Waals surface area contributed by atoms with E-state index in [1.165, 1.54) is 0 Å². The Balaban J connectivity index is 2.11. The zero-order valence-corrected chi connectivity index (χ0v) is 11.2. The first-order valence-corrected chi connectivity index (χ1v) is 6.48. The largest absolute Gasteiger partial charge is 0.354 e. The Morgan fingerprint density at radius 1 is 1.00 bits per heavy atom. The minimum absolute atomic E-state index is 0.0178. The summed E-state index contributed by atoms with van der Waals surface area (Å²) < 4.78 is 0. The highest BCUT2D eigenvalue weighted by molar-refractivity contribution is 5.94. The van der Waals surface area contributed by atoms with Gasteiger partial charge in [0.2, 0.25) is 5.91 Å². The maximum atomic E-state index is 11.7. The molecule has 1 aromatic carbocycles. The molecule has 0 heterocycles. The Bertz CT molecular complexity index is 393. The molecule has 104 valence electrons. The zero-order valence-electron chi connectivity index (χ0n) is 11.2. The molecular weight excluding hydrogens is 242 g/mol. The fourth-order valence-electron chi connectivity index (χ4n) is 1.58. The van der Waals surface area contributed by atoms with Gasteiger partial charge >= 0.3 is 0 Å². The van der Waals surface area contributed by atoms with Crippen LogP contribution in [-0.4, -0.2) is 38.5 Å². The predicted molar refractivity (Wildman–Crippen MR) is 74.9 cm³/mol. The first-order chi connectivity index (χ1) is 9.24. The second-order valence-electron chi connectivity index (χ2n) is 4.18. The highest BCUT2D eigenvalue weighted by Crippen LogP contribution is 1.97. The van der Waals surface area contributed by atoms with Gasteiger partial charge < -0.3 is 16.0 Å². The second kappa shape index (κ2) is 9.10. The van der Waals surface area contributed by atoms with Crippen molar-refractivity contribution in [3.63, 3.8) is 0 Å². The summed E-state index contributed by atoms with van der Waals surface area (Å²) in [6.07, 6.45) is 1.33. The van der Waals surface area contributed by atoms with E-state index in [9.17, 15) is 9.59 Å². The summed E-state index contributed by atoms with van der Waals surface area (Å²) in [6, 6.07) is 9.01. The average molecular weight is 263 g/mol. The first kappa shape index (κ1) is 15.2. The van der Waals surface area contributed by atoms with Crippen molar-refractivity contribution in [1.29, 1.82) is 0 Å². The third-order valence-corrected chi connectivity index (χ3v) is 2.60. The van der Waals surface area contributed by atoms with Crippen LogP contribution in [0.2, 0.25) is 0 Å². The van der Waals surface area contributed by atoms with E-state index in [1.54, 1.807) is 12.1 Å². The van der Waals surface area contributed by atoms with Crippen molar-refractivity contribution < 1.29 is 9.59 Å².